The molecule has 3 aromatic carbocycles. The molecule has 3 N–H and O–H groups in total. The van der Waals surface area contributed by atoms with Crippen LogP contribution in [0, 0.1) is 5.82 Å². The van der Waals surface area contributed by atoms with Crippen molar-refractivity contribution in [2.45, 2.75) is 108 Å². The Morgan fingerprint density at radius 1 is 0.907 bits per heavy atom. The summed E-state index contributed by atoms with van der Waals surface area (Å²) in [5.41, 5.74) is 5.21. The molecule has 0 radical (unpaired) electrons. The van der Waals surface area contributed by atoms with Crippen molar-refractivity contribution in [3.05, 3.63) is 100 Å². The predicted molar refractivity (Wildman–Crippen MR) is 171 cm³/mol. The molecule has 5 rings (SSSR count). The number of amides is 1. The topological polar surface area (TPSA) is 87.3 Å². The molecule has 1 amide bonds. The largest absolute Gasteiger partial charge is 0.349 e. The predicted octanol–water partition coefficient (Wildman–Crippen LogP) is 7.22. The number of benzene rings is 3. The molecule has 0 spiro atoms. The summed E-state index contributed by atoms with van der Waals surface area (Å²) in [5, 5.41) is 6.84. The van der Waals surface area contributed by atoms with E-state index in [-0.39, 0.29) is 36.6 Å². The van der Waals surface area contributed by atoms with E-state index in [4.69, 9.17) is 0 Å². The van der Waals surface area contributed by atoms with Gasteiger partial charge in [-0.15, -0.1) is 0 Å². The van der Waals surface area contributed by atoms with E-state index in [1.54, 1.807) is 24.3 Å². The second kappa shape index (κ2) is 14.6. The summed E-state index contributed by atoms with van der Waals surface area (Å²) in [6.07, 6.45) is 7.77. The molecular formula is C35H46FN3O3S. The molecule has 232 valence electrons. The fourth-order valence-corrected chi connectivity index (χ4v) is 7.39. The van der Waals surface area contributed by atoms with Gasteiger partial charge in [-0.3, -0.25) is 4.79 Å². The van der Waals surface area contributed by atoms with Crippen LogP contribution >= 0.6 is 0 Å². The van der Waals surface area contributed by atoms with E-state index in [1.807, 2.05) is 13.8 Å². The van der Waals surface area contributed by atoms with Gasteiger partial charge in [-0.2, -0.15) is 0 Å². The normalized spacial score (nSPS) is 17.7. The molecule has 0 bridgehead atoms. The zero-order valence-corrected chi connectivity index (χ0v) is 25.4. The molecule has 0 aromatic heterocycles. The summed E-state index contributed by atoms with van der Waals surface area (Å²) in [4.78, 5) is 13.5. The summed E-state index contributed by atoms with van der Waals surface area (Å²) < 4.78 is 43.1. The van der Waals surface area contributed by atoms with Gasteiger partial charge in [0.25, 0.3) is 0 Å². The van der Waals surface area contributed by atoms with Crippen LogP contribution in [0.3, 0.4) is 0 Å². The maximum absolute atomic E-state index is 13.7. The van der Waals surface area contributed by atoms with Gasteiger partial charge in [0.05, 0.1) is 17.0 Å². The van der Waals surface area contributed by atoms with Crippen molar-refractivity contribution in [2.75, 3.05) is 0 Å². The first kappa shape index (κ1) is 32.8. The standard InChI is InChI=1S/C34H42FN3O3S.CH4/c1-23(2)25-13-17-30(18-14-25)42(40,41)38-33(26-11-15-28(35)16-12-26)21-34(39)37-32-9-5-6-27-20-24(10-19-31(27)32)22-36-29-7-3-4-8-29;/h10-20,23,29,32-33,36,38H,3-9,21-22H2,1-2H3,(H,37,39);1H4/t32-,33-;/m1./s1. The minimum absolute atomic E-state index is 0. The van der Waals surface area contributed by atoms with E-state index in [1.165, 1.54) is 61.1 Å². The van der Waals surface area contributed by atoms with Crippen molar-refractivity contribution in [3.8, 4) is 0 Å². The molecule has 0 heterocycles. The fraction of sp³-hybridized carbons (Fsp3) is 0.457. The number of hydrogen-bond acceptors (Lipinski definition) is 4. The molecule has 1 saturated carbocycles. The number of hydrogen-bond donors (Lipinski definition) is 3. The van der Waals surface area contributed by atoms with Crippen molar-refractivity contribution in [1.82, 2.24) is 15.4 Å². The van der Waals surface area contributed by atoms with Gasteiger partial charge in [0, 0.05) is 19.0 Å². The van der Waals surface area contributed by atoms with Crippen LogP contribution in [-0.2, 0) is 27.8 Å². The van der Waals surface area contributed by atoms with Crippen LogP contribution in [0.5, 0.6) is 0 Å². The highest BCUT2D eigenvalue weighted by molar-refractivity contribution is 7.89. The van der Waals surface area contributed by atoms with E-state index < -0.39 is 21.9 Å². The highest BCUT2D eigenvalue weighted by Gasteiger charge is 2.27. The Kier molecular flexibility index (Phi) is 11.2. The number of carbonyl (C=O) groups is 1. The van der Waals surface area contributed by atoms with Crippen molar-refractivity contribution >= 4 is 15.9 Å². The maximum Gasteiger partial charge on any atom is 0.241 e. The first-order chi connectivity index (χ1) is 20.2. The molecular weight excluding hydrogens is 561 g/mol. The van der Waals surface area contributed by atoms with Crippen molar-refractivity contribution < 1.29 is 17.6 Å². The van der Waals surface area contributed by atoms with Crippen molar-refractivity contribution in [3.63, 3.8) is 0 Å². The summed E-state index contributed by atoms with van der Waals surface area (Å²) in [6, 6.07) is 18.5. The molecule has 8 heteroatoms. The Labute approximate surface area is 256 Å². The van der Waals surface area contributed by atoms with Gasteiger partial charge in [-0.05, 0) is 90.1 Å². The second-order valence-electron chi connectivity index (χ2n) is 12.1. The average Bonchev–Trinajstić information content (AvgIpc) is 3.50. The highest BCUT2D eigenvalue weighted by atomic mass is 32.2. The van der Waals surface area contributed by atoms with Crippen LogP contribution in [-0.4, -0.2) is 20.4 Å². The van der Waals surface area contributed by atoms with Gasteiger partial charge in [-0.25, -0.2) is 17.5 Å². The first-order valence-corrected chi connectivity index (χ1v) is 16.7. The van der Waals surface area contributed by atoms with Gasteiger partial charge in [-0.1, -0.05) is 76.6 Å². The number of rotatable bonds is 11. The number of fused-ring (bicyclic) bond motifs is 1. The van der Waals surface area contributed by atoms with Gasteiger partial charge in [0.2, 0.25) is 15.9 Å². The molecule has 2 atom stereocenters. The third-order valence-corrected chi connectivity index (χ3v) is 10.1. The molecule has 0 saturated heterocycles. The summed E-state index contributed by atoms with van der Waals surface area (Å²) in [6.45, 7) is 4.95. The zero-order valence-electron chi connectivity index (χ0n) is 24.5. The van der Waals surface area contributed by atoms with Crippen LogP contribution in [0.2, 0.25) is 0 Å². The minimum atomic E-state index is -3.93. The first-order valence-electron chi connectivity index (χ1n) is 15.2. The van der Waals surface area contributed by atoms with Crippen LogP contribution in [0.4, 0.5) is 4.39 Å². The SMILES string of the molecule is C.CC(C)c1ccc(S(=O)(=O)N[C@H](CC(=O)N[C@@H]2CCCc3cc(CNC4CCCC4)ccc32)c2ccc(F)cc2)cc1. The second-order valence-corrected chi connectivity index (χ2v) is 13.8. The Hall–Kier alpha value is -3.07. The van der Waals surface area contributed by atoms with Crippen LogP contribution in [0.15, 0.2) is 71.6 Å². The van der Waals surface area contributed by atoms with E-state index in [0.29, 0.717) is 11.6 Å². The van der Waals surface area contributed by atoms with Gasteiger partial charge < -0.3 is 10.6 Å². The smallest absolute Gasteiger partial charge is 0.241 e. The van der Waals surface area contributed by atoms with Crippen molar-refractivity contribution in [1.29, 1.82) is 0 Å². The minimum Gasteiger partial charge on any atom is -0.349 e. The van der Waals surface area contributed by atoms with E-state index in [9.17, 15) is 17.6 Å². The number of sulfonamides is 1. The zero-order chi connectivity index (χ0) is 29.7. The Bertz CT molecular complexity index is 1470. The fourth-order valence-electron chi connectivity index (χ4n) is 6.17. The molecule has 6 nitrogen and oxygen atoms in total. The molecule has 2 aliphatic rings. The molecule has 2 aliphatic carbocycles. The average molecular weight is 608 g/mol. The summed E-state index contributed by atoms with van der Waals surface area (Å²) >= 11 is 0. The van der Waals surface area contributed by atoms with E-state index in [0.717, 1.165) is 36.9 Å². The Morgan fingerprint density at radius 3 is 2.26 bits per heavy atom. The summed E-state index contributed by atoms with van der Waals surface area (Å²) in [5.74, 6) is -0.409. The summed E-state index contributed by atoms with van der Waals surface area (Å²) in [7, 11) is -3.93. The quantitative estimate of drug-likeness (QED) is 0.215. The number of aryl methyl sites for hydroxylation is 1. The van der Waals surface area contributed by atoms with Gasteiger partial charge >= 0.3 is 0 Å². The molecule has 3 aromatic rings. The molecule has 0 unspecified atom stereocenters. The third-order valence-electron chi connectivity index (χ3n) is 8.62. The molecule has 0 aliphatic heterocycles. The number of carbonyl (C=O) groups excluding carboxylic acids is 1. The van der Waals surface area contributed by atoms with Crippen LogP contribution in [0.25, 0.3) is 0 Å². The lowest BCUT2D eigenvalue weighted by molar-refractivity contribution is -0.122. The van der Waals surface area contributed by atoms with Gasteiger partial charge in [0.15, 0.2) is 0 Å². The monoisotopic (exact) mass is 607 g/mol. The van der Waals surface area contributed by atoms with Crippen LogP contribution < -0.4 is 15.4 Å². The lowest BCUT2D eigenvalue weighted by Gasteiger charge is -2.28. The molecule has 1 fully saturated rings. The lowest BCUT2D eigenvalue weighted by Crippen LogP contribution is -2.36. The van der Waals surface area contributed by atoms with E-state index >= 15 is 0 Å². The third kappa shape index (κ3) is 8.52. The maximum atomic E-state index is 13.7. The van der Waals surface area contributed by atoms with Crippen molar-refractivity contribution in [2.24, 2.45) is 0 Å². The molecule has 43 heavy (non-hydrogen) atoms. The highest BCUT2D eigenvalue weighted by Crippen LogP contribution is 2.31. The van der Waals surface area contributed by atoms with Crippen LogP contribution in [0.1, 0.15) is 112 Å². The Morgan fingerprint density at radius 2 is 1.58 bits per heavy atom. The van der Waals surface area contributed by atoms with Gasteiger partial charge in [0.1, 0.15) is 5.82 Å². The number of nitrogens with one attached hydrogen (secondary N) is 3. The van der Waals surface area contributed by atoms with E-state index in [2.05, 4.69) is 33.6 Å². The lowest BCUT2D eigenvalue weighted by atomic mass is 9.86. The Balaban J connectivity index is 0.00000423. The number of halogens is 1.